The Morgan fingerprint density at radius 2 is 2.64 bits per heavy atom. The fraction of sp³-hybridized carbons (Fsp3) is 0.333. The van der Waals surface area contributed by atoms with Crippen molar-refractivity contribution in [2.75, 3.05) is 6.54 Å². The van der Waals surface area contributed by atoms with Gasteiger partial charge in [0.2, 0.25) is 0 Å². The Balaban J connectivity index is 2.44. The highest BCUT2D eigenvalue weighted by Gasteiger charge is 2.02. The summed E-state index contributed by atoms with van der Waals surface area (Å²) < 4.78 is 0. The van der Waals surface area contributed by atoms with Crippen molar-refractivity contribution in [2.24, 2.45) is 0 Å². The molecule has 1 rings (SSSR count). The van der Waals surface area contributed by atoms with E-state index in [0.717, 1.165) is 0 Å². The van der Waals surface area contributed by atoms with Crippen LogP contribution in [0.5, 0.6) is 0 Å². The van der Waals surface area contributed by atoms with Crippen LogP contribution >= 0.6 is 11.3 Å². The van der Waals surface area contributed by atoms with Crippen molar-refractivity contribution in [3.05, 3.63) is 22.4 Å². The lowest BCUT2D eigenvalue weighted by molar-refractivity contribution is 0.633. The molecule has 0 bridgehead atoms. The Bertz CT molecular complexity index is 233. The number of rotatable bonds is 3. The second kappa shape index (κ2) is 4.17. The Morgan fingerprint density at radius 1 is 1.82 bits per heavy atom. The van der Waals surface area contributed by atoms with Crippen LogP contribution in [-0.2, 0) is 0 Å². The summed E-state index contributed by atoms with van der Waals surface area (Å²) in [5, 5.41) is 5.28. The molecule has 11 heavy (non-hydrogen) atoms. The number of thiophene rings is 1. The maximum absolute atomic E-state index is 5.12. The zero-order valence-corrected chi connectivity index (χ0v) is 7.32. The summed E-state index contributed by atoms with van der Waals surface area (Å²) in [4.78, 5) is 1.33. The minimum absolute atomic E-state index is 0.381. The van der Waals surface area contributed by atoms with Crippen LogP contribution in [0.25, 0.3) is 0 Å². The first-order chi connectivity index (χ1) is 5.34. The first-order valence-electron chi connectivity index (χ1n) is 3.55. The lowest BCUT2D eigenvalue weighted by atomic mass is 10.3. The van der Waals surface area contributed by atoms with E-state index in [9.17, 15) is 0 Å². The summed E-state index contributed by atoms with van der Waals surface area (Å²) in [7, 11) is 0. The van der Waals surface area contributed by atoms with Crippen molar-refractivity contribution in [1.82, 2.24) is 5.32 Å². The van der Waals surface area contributed by atoms with Gasteiger partial charge in [-0.1, -0.05) is 12.0 Å². The Hall–Kier alpha value is -0.780. The molecule has 2 heteroatoms. The van der Waals surface area contributed by atoms with Crippen LogP contribution in [0.1, 0.15) is 17.8 Å². The fourth-order valence-electron chi connectivity index (χ4n) is 0.850. The molecule has 1 nitrogen and oxygen atoms in total. The van der Waals surface area contributed by atoms with Crippen LogP contribution in [0.3, 0.4) is 0 Å². The van der Waals surface area contributed by atoms with Crippen molar-refractivity contribution < 1.29 is 0 Å². The number of hydrogen-bond donors (Lipinski definition) is 1. The third-order valence-electron chi connectivity index (χ3n) is 1.48. The van der Waals surface area contributed by atoms with Gasteiger partial charge in [0.05, 0.1) is 6.54 Å². The van der Waals surface area contributed by atoms with E-state index in [1.165, 1.54) is 4.88 Å². The van der Waals surface area contributed by atoms with Gasteiger partial charge >= 0.3 is 0 Å². The molecule has 0 spiro atoms. The van der Waals surface area contributed by atoms with Crippen LogP contribution in [0.2, 0.25) is 0 Å². The molecular weight excluding hydrogens is 154 g/mol. The normalized spacial score (nSPS) is 12.4. The van der Waals surface area contributed by atoms with Gasteiger partial charge in [-0.2, -0.15) is 0 Å². The minimum Gasteiger partial charge on any atom is -0.299 e. The second-order valence-electron chi connectivity index (χ2n) is 2.32. The summed E-state index contributed by atoms with van der Waals surface area (Å²) in [5.74, 6) is 2.55. The predicted octanol–water partition coefficient (Wildman–Crippen LogP) is 2.03. The van der Waals surface area contributed by atoms with Gasteiger partial charge in [0, 0.05) is 10.9 Å². The maximum Gasteiger partial charge on any atom is 0.0578 e. The zero-order chi connectivity index (χ0) is 8.10. The van der Waals surface area contributed by atoms with E-state index in [1.54, 1.807) is 11.3 Å². The standard InChI is InChI=1S/C9H11NS/c1-3-6-10-8(2)9-5-4-7-11-9/h1,4-5,7-8,10H,6H2,2H3. The highest BCUT2D eigenvalue weighted by Crippen LogP contribution is 2.17. The maximum atomic E-state index is 5.12. The molecule has 0 fully saturated rings. The summed E-state index contributed by atoms with van der Waals surface area (Å²) in [6.45, 7) is 2.75. The van der Waals surface area contributed by atoms with E-state index in [1.807, 2.05) is 6.07 Å². The molecule has 0 saturated carbocycles. The van der Waals surface area contributed by atoms with Crippen LogP contribution in [-0.4, -0.2) is 6.54 Å². The minimum atomic E-state index is 0.381. The van der Waals surface area contributed by atoms with Gasteiger partial charge in [0.15, 0.2) is 0 Å². The number of terminal acetylenes is 1. The molecule has 0 aliphatic heterocycles. The molecule has 1 aromatic heterocycles. The average Bonchev–Trinajstić information content (AvgIpc) is 2.52. The molecule has 1 N–H and O–H groups in total. The van der Waals surface area contributed by atoms with Gasteiger partial charge in [-0.15, -0.1) is 17.8 Å². The molecule has 0 amide bonds. The van der Waals surface area contributed by atoms with Gasteiger partial charge in [-0.25, -0.2) is 0 Å². The average molecular weight is 165 g/mol. The molecule has 0 saturated heterocycles. The summed E-state index contributed by atoms with van der Waals surface area (Å²) in [5.41, 5.74) is 0. The lowest BCUT2D eigenvalue weighted by Crippen LogP contribution is -2.17. The zero-order valence-electron chi connectivity index (χ0n) is 6.50. The van der Waals surface area contributed by atoms with E-state index < -0.39 is 0 Å². The monoisotopic (exact) mass is 165 g/mol. The largest absolute Gasteiger partial charge is 0.299 e. The molecule has 0 aliphatic rings. The van der Waals surface area contributed by atoms with Crippen LogP contribution in [0.4, 0.5) is 0 Å². The van der Waals surface area contributed by atoms with Crippen molar-refractivity contribution in [3.8, 4) is 12.3 Å². The van der Waals surface area contributed by atoms with Crippen LogP contribution in [0, 0.1) is 12.3 Å². The third-order valence-corrected chi connectivity index (χ3v) is 2.54. The molecule has 58 valence electrons. The molecule has 1 atom stereocenters. The van der Waals surface area contributed by atoms with Crippen molar-refractivity contribution >= 4 is 11.3 Å². The third kappa shape index (κ3) is 2.38. The molecular formula is C9H11NS. The van der Waals surface area contributed by atoms with Crippen LogP contribution < -0.4 is 5.32 Å². The lowest BCUT2D eigenvalue weighted by Gasteiger charge is -2.07. The molecule has 0 aliphatic carbocycles. The van der Waals surface area contributed by atoms with Crippen LogP contribution in [0.15, 0.2) is 17.5 Å². The predicted molar refractivity (Wildman–Crippen MR) is 49.6 cm³/mol. The van der Waals surface area contributed by atoms with Crippen molar-refractivity contribution in [3.63, 3.8) is 0 Å². The highest BCUT2D eigenvalue weighted by molar-refractivity contribution is 7.10. The van der Waals surface area contributed by atoms with Crippen molar-refractivity contribution in [1.29, 1.82) is 0 Å². The summed E-state index contributed by atoms with van der Waals surface area (Å²) in [6, 6.07) is 4.54. The van der Waals surface area contributed by atoms with E-state index in [2.05, 4.69) is 29.6 Å². The Labute approximate surface area is 71.4 Å². The van der Waals surface area contributed by atoms with Gasteiger partial charge < -0.3 is 0 Å². The fourth-order valence-corrected chi connectivity index (χ4v) is 1.61. The van der Waals surface area contributed by atoms with Gasteiger partial charge in [-0.3, -0.25) is 5.32 Å². The number of nitrogens with one attached hydrogen (secondary N) is 1. The smallest absolute Gasteiger partial charge is 0.0578 e. The highest BCUT2D eigenvalue weighted by atomic mass is 32.1. The van der Waals surface area contributed by atoms with E-state index in [4.69, 9.17) is 6.42 Å². The molecule has 1 heterocycles. The summed E-state index contributed by atoms with van der Waals surface area (Å²) in [6.07, 6.45) is 5.12. The van der Waals surface area contributed by atoms with E-state index in [-0.39, 0.29) is 0 Å². The SMILES string of the molecule is C#CCNC(C)c1cccs1. The van der Waals surface area contributed by atoms with E-state index >= 15 is 0 Å². The summed E-state index contributed by atoms with van der Waals surface area (Å²) >= 11 is 1.75. The first kappa shape index (κ1) is 8.32. The van der Waals surface area contributed by atoms with Gasteiger partial charge in [0.25, 0.3) is 0 Å². The first-order valence-corrected chi connectivity index (χ1v) is 4.43. The number of hydrogen-bond acceptors (Lipinski definition) is 2. The van der Waals surface area contributed by atoms with Crippen molar-refractivity contribution in [2.45, 2.75) is 13.0 Å². The second-order valence-corrected chi connectivity index (χ2v) is 3.30. The molecule has 1 unspecified atom stereocenters. The molecule has 0 radical (unpaired) electrons. The van der Waals surface area contributed by atoms with Gasteiger partial charge in [-0.05, 0) is 18.4 Å². The molecule has 0 aromatic carbocycles. The molecule has 1 aromatic rings. The Morgan fingerprint density at radius 3 is 3.18 bits per heavy atom. The quantitative estimate of drug-likeness (QED) is 0.676. The Kier molecular flexibility index (Phi) is 3.15. The van der Waals surface area contributed by atoms with E-state index in [0.29, 0.717) is 12.6 Å². The topological polar surface area (TPSA) is 12.0 Å². The van der Waals surface area contributed by atoms with Gasteiger partial charge in [0.1, 0.15) is 0 Å².